The number of hydrogen-bond acceptors (Lipinski definition) is 4. The molecule has 2 heterocycles. The number of aryl methyl sites for hydroxylation is 2. The lowest BCUT2D eigenvalue weighted by Crippen LogP contribution is -2.20. The monoisotopic (exact) mass is 462 g/mol. The first kappa shape index (κ1) is 22.0. The molecule has 1 fully saturated rings. The van der Waals surface area contributed by atoms with Crippen molar-refractivity contribution in [1.82, 2.24) is 14.9 Å². The average Bonchev–Trinajstić information content (AvgIpc) is 3.58. The van der Waals surface area contributed by atoms with Gasteiger partial charge < -0.3 is 15.4 Å². The zero-order valence-corrected chi connectivity index (χ0v) is 18.9. The maximum absolute atomic E-state index is 15.4. The van der Waals surface area contributed by atoms with E-state index in [9.17, 15) is 9.18 Å². The van der Waals surface area contributed by atoms with Crippen LogP contribution in [0.15, 0.2) is 54.7 Å². The molecule has 34 heavy (non-hydrogen) atoms. The number of rotatable bonds is 6. The van der Waals surface area contributed by atoms with Crippen molar-refractivity contribution in [2.24, 2.45) is 0 Å². The van der Waals surface area contributed by atoms with Gasteiger partial charge >= 0.3 is 6.03 Å². The van der Waals surface area contributed by atoms with Gasteiger partial charge in [-0.2, -0.15) is 0 Å². The molecule has 2 N–H and O–H groups in total. The number of aromatic nitrogens is 2. The van der Waals surface area contributed by atoms with Gasteiger partial charge in [-0.25, -0.2) is 13.6 Å². The normalized spacial score (nSPS) is 13.3. The second-order valence-corrected chi connectivity index (χ2v) is 8.57. The van der Waals surface area contributed by atoms with Crippen LogP contribution in [0.1, 0.15) is 29.8 Å². The Hall–Kier alpha value is -3.78. The molecule has 2 aromatic heterocycles. The highest BCUT2D eigenvalue weighted by Crippen LogP contribution is 2.32. The van der Waals surface area contributed by atoms with Crippen molar-refractivity contribution in [3.8, 4) is 11.5 Å². The quantitative estimate of drug-likeness (QED) is 0.366. The van der Waals surface area contributed by atoms with E-state index in [1.807, 2.05) is 0 Å². The first-order valence-electron chi connectivity index (χ1n) is 11.1. The number of hydrogen-bond donors (Lipinski definition) is 2. The molecule has 1 aliphatic rings. The van der Waals surface area contributed by atoms with Crippen LogP contribution < -0.4 is 15.4 Å². The smallest absolute Gasteiger partial charge is 0.330 e. The van der Waals surface area contributed by atoms with E-state index in [2.05, 4.69) is 15.6 Å². The first-order valence-corrected chi connectivity index (χ1v) is 11.1. The topological polar surface area (TPSA) is 68.2 Å². The Kier molecular flexibility index (Phi) is 5.75. The first-order chi connectivity index (χ1) is 16.4. The number of anilines is 1. The number of nitrogens with one attached hydrogen (secondary N) is 2. The molecule has 8 heteroatoms. The number of nitrogens with zero attached hydrogens (tertiary/aromatic N) is 2. The molecule has 4 aromatic rings. The van der Waals surface area contributed by atoms with Gasteiger partial charge in [0.05, 0.1) is 11.2 Å². The minimum absolute atomic E-state index is 0.0616. The molecule has 0 bridgehead atoms. The number of pyridine rings is 1. The average molecular weight is 463 g/mol. The summed E-state index contributed by atoms with van der Waals surface area (Å²) < 4.78 is 36.1. The fourth-order valence-corrected chi connectivity index (χ4v) is 3.89. The Balaban J connectivity index is 1.39. The number of ether oxygens (including phenoxy) is 1. The van der Waals surface area contributed by atoms with E-state index in [0.29, 0.717) is 40.8 Å². The van der Waals surface area contributed by atoms with Crippen LogP contribution in [-0.4, -0.2) is 21.6 Å². The van der Waals surface area contributed by atoms with Crippen molar-refractivity contribution >= 4 is 22.6 Å². The molecule has 2 aromatic carbocycles. The molecular weight excluding hydrogens is 438 g/mol. The summed E-state index contributed by atoms with van der Waals surface area (Å²) in [4.78, 5) is 17.3. The van der Waals surface area contributed by atoms with E-state index in [0.717, 1.165) is 5.69 Å². The van der Waals surface area contributed by atoms with E-state index in [1.54, 1.807) is 50.4 Å². The Morgan fingerprint density at radius 1 is 1.12 bits per heavy atom. The SMILES string of the molecule is Cc1cc(NC(=O)n2c(C)cc3c(F)c(Oc4ccnc(CNC5CC5)c4)ccc32)ccc1F. The van der Waals surface area contributed by atoms with Gasteiger partial charge in [-0.05, 0) is 74.7 Å². The second-order valence-electron chi connectivity index (χ2n) is 8.57. The van der Waals surface area contributed by atoms with E-state index in [4.69, 9.17) is 4.74 Å². The van der Waals surface area contributed by atoms with Crippen molar-refractivity contribution < 1.29 is 18.3 Å². The predicted molar refractivity (Wildman–Crippen MR) is 126 cm³/mol. The Labute approximate surface area is 195 Å². The zero-order chi connectivity index (χ0) is 23.8. The number of amides is 1. The third-order valence-corrected chi connectivity index (χ3v) is 5.85. The summed E-state index contributed by atoms with van der Waals surface area (Å²) in [6, 6.07) is 12.6. The van der Waals surface area contributed by atoms with Crippen molar-refractivity contribution in [2.45, 2.75) is 39.3 Å². The molecule has 1 saturated carbocycles. The van der Waals surface area contributed by atoms with Crippen LogP contribution in [-0.2, 0) is 6.54 Å². The highest BCUT2D eigenvalue weighted by atomic mass is 19.1. The largest absolute Gasteiger partial charge is 0.454 e. The van der Waals surface area contributed by atoms with E-state index in [1.165, 1.54) is 35.6 Å². The van der Waals surface area contributed by atoms with E-state index >= 15 is 4.39 Å². The van der Waals surface area contributed by atoms with Crippen molar-refractivity contribution in [3.63, 3.8) is 0 Å². The van der Waals surface area contributed by atoms with E-state index in [-0.39, 0.29) is 17.0 Å². The van der Waals surface area contributed by atoms with Gasteiger partial charge in [-0.15, -0.1) is 0 Å². The molecule has 1 aliphatic carbocycles. The third-order valence-electron chi connectivity index (χ3n) is 5.85. The summed E-state index contributed by atoms with van der Waals surface area (Å²) in [5.74, 6) is -0.358. The molecule has 0 atom stereocenters. The van der Waals surface area contributed by atoms with Gasteiger partial charge in [-0.3, -0.25) is 9.55 Å². The summed E-state index contributed by atoms with van der Waals surface area (Å²) >= 11 is 0. The fourth-order valence-electron chi connectivity index (χ4n) is 3.89. The highest BCUT2D eigenvalue weighted by Gasteiger charge is 2.21. The molecule has 174 valence electrons. The summed E-state index contributed by atoms with van der Waals surface area (Å²) in [6.45, 7) is 3.97. The van der Waals surface area contributed by atoms with Crippen LogP contribution in [0.25, 0.3) is 10.9 Å². The van der Waals surface area contributed by atoms with Crippen molar-refractivity contribution in [3.05, 3.63) is 83.3 Å². The highest BCUT2D eigenvalue weighted by molar-refractivity contribution is 6.00. The maximum Gasteiger partial charge on any atom is 0.330 e. The number of fused-ring (bicyclic) bond motifs is 1. The fraction of sp³-hybridized carbons (Fsp3) is 0.231. The molecule has 0 spiro atoms. The zero-order valence-electron chi connectivity index (χ0n) is 18.9. The van der Waals surface area contributed by atoms with Crippen LogP contribution in [0, 0.1) is 25.5 Å². The molecule has 0 unspecified atom stereocenters. The maximum atomic E-state index is 15.4. The minimum atomic E-state index is -0.556. The third kappa shape index (κ3) is 4.49. The Bertz CT molecular complexity index is 1400. The minimum Gasteiger partial charge on any atom is -0.454 e. The lowest BCUT2D eigenvalue weighted by atomic mass is 10.2. The number of carbonyl (C=O) groups is 1. The summed E-state index contributed by atoms with van der Waals surface area (Å²) in [6.07, 6.45) is 4.00. The molecule has 0 aliphatic heterocycles. The van der Waals surface area contributed by atoms with Gasteiger partial charge in [0.1, 0.15) is 11.6 Å². The summed E-state index contributed by atoms with van der Waals surface area (Å²) in [7, 11) is 0. The Morgan fingerprint density at radius 3 is 2.71 bits per heavy atom. The van der Waals surface area contributed by atoms with E-state index < -0.39 is 11.8 Å². The van der Waals surface area contributed by atoms with Crippen LogP contribution in [0.3, 0.4) is 0 Å². The molecule has 1 amide bonds. The molecule has 0 saturated heterocycles. The van der Waals surface area contributed by atoms with Crippen LogP contribution in [0.2, 0.25) is 0 Å². The summed E-state index contributed by atoms with van der Waals surface area (Å²) in [5.41, 5.74) is 2.65. The number of benzene rings is 2. The predicted octanol–water partition coefficient (Wildman–Crippen LogP) is 6.06. The van der Waals surface area contributed by atoms with Gasteiger partial charge in [0.25, 0.3) is 0 Å². The van der Waals surface area contributed by atoms with Gasteiger partial charge in [0.15, 0.2) is 11.6 Å². The molecular formula is C26H24F2N4O2. The van der Waals surface area contributed by atoms with Crippen LogP contribution in [0.5, 0.6) is 11.5 Å². The van der Waals surface area contributed by atoms with Crippen LogP contribution >= 0.6 is 0 Å². The molecule has 6 nitrogen and oxygen atoms in total. The number of carbonyl (C=O) groups excluding carboxylic acids is 1. The summed E-state index contributed by atoms with van der Waals surface area (Å²) in [5, 5.41) is 6.40. The van der Waals surface area contributed by atoms with Gasteiger partial charge in [-0.1, -0.05) is 0 Å². The molecule has 0 radical (unpaired) electrons. The Morgan fingerprint density at radius 2 is 1.94 bits per heavy atom. The second kappa shape index (κ2) is 8.87. The molecule has 5 rings (SSSR count). The lowest BCUT2D eigenvalue weighted by Gasteiger charge is -2.11. The van der Waals surface area contributed by atoms with Crippen LogP contribution in [0.4, 0.5) is 19.3 Å². The van der Waals surface area contributed by atoms with Crippen molar-refractivity contribution in [1.29, 1.82) is 0 Å². The lowest BCUT2D eigenvalue weighted by molar-refractivity contribution is 0.254. The van der Waals surface area contributed by atoms with Gasteiger partial charge in [0.2, 0.25) is 0 Å². The van der Waals surface area contributed by atoms with Crippen molar-refractivity contribution in [2.75, 3.05) is 5.32 Å². The standard InChI is InChI=1S/C26H24F2N4O2/c1-15-11-18(5-6-22(15)27)31-26(33)32-16(2)12-21-23(32)7-8-24(25(21)28)34-20-9-10-29-19(13-20)14-30-17-3-4-17/h5-13,17,30H,3-4,14H2,1-2H3,(H,31,33). The van der Waals surface area contributed by atoms with Gasteiger partial charge in [0, 0.05) is 41.6 Å². The number of halogens is 2.